The molecule has 0 aliphatic heterocycles. The van der Waals surface area contributed by atoms with Crippen molar-refractivity contribution >= 4 is 5.91 Å². The summed E-state index contributed by atoms with van der Waals surface area (Å²) in [5.41, 5.74) is 5.63. The maximum atomic E-state index is 13.5. The van der Waals surface area contributed by atoms with Crippen LogP contribution in [0.15, 0.2) is 48.8 Å². The van der Waals surface area contributed by atoms with Crippen LogP contribution in [0.1, 0.15) is 70.5 Å². The molecule has 1 fully saturated rings. The van der Waals surface area contributed by atoms with Crippen molar-refractivity contribution in [2.75, 3.05) is 0 Å². The van der Waals surface area contributed by atoms with Crippen LogP contribution in [0.25, 0.3) is 0 Å². The number of benzene rings is 2. The number of carbonyl (C=O) groups is 1. The zero-order chi connectivity index (χ0) is 22.7. The first-order valence-corrected chi connectivity index (χ1v) is 11.6. The van der Waals surface area contributed by atoms with Gasteiger partial charge in [0.25, 0.3) is 5.91 Å². The number of amides is 1. The van der Waals surface area contributed by atoms with Gasteiger partial charge in [-0.05, 0) is 74.6 Å². The third-order valence-corrected chi connectivity index (χ3v) is 6.65. The number of nitrogens with zero attached hydrogens (tertiary/aromatic N) is 3. The molecule has 5 heteroatoms. The van der Waals surface area contributed by atoms with Gasteiger partial charge in [0.2, 0.25) is 0 Å². The summed E-state index contributed by atoms with van der Waals surface area (Å²) in [7, 11) is 0. The molecule has 1 saturated carbocycles. The second-order valence-electron chi connectivity index (χ2n) is 9.08. The van der Waals surface area contributed by atoms with Gasteiger partial charge in [-0.15, -0.1) is 0 Å². The number of aryl methyl sites for hydroxylation is 3. The Hall–Kier alpha value is -2.95. The van der Waals surface area contributed by atoms with E-state index in [0.29, 0.717) is 12.1 Å². The summed E-state index contributed by atoms with van der Waals surface area (Å²) in [5, 5.41) is 0. The molecule has 1 aliphatic carbocycles. The first kappa shape index (κ1) is 22.3. The maximum absolute atomic E-state index is 13.5. The number of aromatic nitrogens is 2. The van der Waals surface area contributed by atoms with E-state index in [1.165, 1.54) is 40.8 Å². The van der Waals surface area contributed by atoms with E-state index >= 15 is 0 Å². The van der Waals surface area contributed by atoms with Crippen LogP contribution in [0.3, 0.4) is 0 Å². The molecule has 1 aliphatic rings. The molecule has 0 atom stereocenters. The summed E-state index contributed by atoms with van der Waals surface area (Å²) >= 11 is 0. The molecular weight excluding hydrogens is 401 g/mol. The molecule has 3 aromatic rings. The molecule has 1 heterocycles. The molecule has 1 aromatic heterocycles. The standard InChI is InChI=1S/C27H32FN3O/c1-19-15-20(2)25(21(3)16-19)17-30-14-13-29-26(30)18-31(24-7-5-4-6-8-24)27(32)22-9-11-23(28)12-10-22/h9-16,24H,4-8,17-18H2,1-3H3. The Morgan fingerprint density at radius 3 is 2.38 bits per heavy atom. The van der Waals surface area contributed by atoms with Crippen molar-refractivity contribution in [1.82, 2.24) is 14.5 Å². The van der Waals surface area contributed by atoms with E-state index in [4.69, 9.17) is 0 Å². The van der Waals surface area contributed by atoms with Crippen molar-refractivity contribution in [3.63, 3.8) is 0 Å². The van der Waals surface area contributed by atoms with Crippen LogP contribution in [0.5, 0.6) is 0 Å². The Morgan fingerprint density at radius 2 is 1.72 bits per heavy atom. The van der Waals surface area contributed by atoms with Gasteiger partial charge in [0.05, 0.1) is 6.54 Å². The molecule has 2 aromatic carbocycles. The highest BCUT2D eigenvalue weighted by molar-refractivity contribution is 5.94. The van der Waals surface area contributed by atoms with E-state index in [1.807, 2.05) is 17.3 Å². The van der Waals surface area contributed by atoms with Crippen molar-refractivity contribution in [2.24, 2.45) is 0 Å². The lowest BCUT2D eigenvalue weighted by Crippen LogP contribution is -2.41. The zero-order valence-electron chi connectivity index (χ0n) is 19.3. The maximum Gasteiger partial charge on any atom is 0.254 e. The number of hydrogen-bond acceptors (Lipinski definition) is 2. The average molecular weight is 434 g/mol. The summed E-state index contributed by atoms with van der Waals surface area (Å²) < 4.78 is 15.6. The minimum absolute atomic E-state index is 0.0471. The summed E-state index contributed by atoms with van der Waals surface area (Å²) in [5.74, 6) is 0.504. The number of imidazole rings is 1. The summed E-state index contributed by atoms with van der Waals surface area (Å²) in [6, 6.07) is 10.5. The highest BCUT2D eigenvalue weighted by Gasteiger charge is 2.28. The minimum Gasteiger partial charge on any atom is -0.329 e. The minimum atomic E-state index is -0.329. The topological polar surface area (TPSA) is 38.1 Å². The van der Waals surface area contributed by atoms with E-state index in [2.05, 4.69) is 42.5 Å². The van der Waals surface area contributed by atoms with Crippen molar-refractivity contribution in [2.45, 2.75) is 72.0 Å². The van der Waals surface area contributed by atoms with Gasteiger partial charge in [0, 0.05) is 30.5 Å². The molecule has 1 amide bonds. The van der Waals surface area contributed by atoms with Gasteiger partial charge in [-0.3, -0.25) is 4.79 Å². The van der Waals surface area contributed by atoms with Crippen molar-refractivity contribution in [3.8, 4) is 0 Å². The van der Waals surface area contributed by atoms with Gasteiger partial charge in [0.1, 0.15) is 11.6 Å². The number of halogens is 1. The summed E-state index contributed by atoms with van der Waals surface area (Å²) in [4.78, 5) is 20.0. The Bertz CT molecular complexity index is 1060. The quantitative estimate of drug-likeness (QED) is 0.480. The lowest BCUT2D eigenvalue weighted by atomic mass is 9.93. The highest BCUT2D eigenvalue weighted by atomic mass is 19.1. The average Bonchev–Trinajstić information content (AvgIpc) is 3.22. The molecule has 0 saturated heterocycles. The molecule has 0 bridgehead atoms. The van der Waals surface area contributed by atoms with Crippen LogP contribution in [0, 0.1) is 26.6 Å². The molecule has 0 spiro atoms. The Morgan fingerprint density at radius 1 is 1.06 bits per heavy atom. The van der Waals surface area contributed by atoms with Crippen molar-refractivity contribution in [1.29, 1.82) is 0 Å². The fourth-order valence-electron chi connectivity index (χ4n) is 4.94. The van der Waals surface area contributed by atoms with Crippen LogP contribution in [0.2, 0.25) is 0 Å². The lowest BCUT2D eigenvalue weighted by molar-refractivity contribution is 0.0605. The molecule has 32 heavy (non-hydrogen) atoms. The molecule has 0 unspecified atom stereocenters. The number of rotatable bonds is 6. The summed E-state index contributed by atoms with van der Waals surface area (Å²) in [6.45, 7) is 7.61. The van der Waals surface area contributed by atoms with Crippen LogP contribution in [-0.4, -0.2) is 26.4 Å². The largest absolute Gasteiger partial charge is 0.329 e. The molecule has 0 N–H and O–H groups in total. The van der Waals surface area contributed by atoms with Gasteiger partial charge in [0.15, 0.2) is 0 Å². The molecule has 168 valence electrons. The lowest BCUT2D eigenvalue weighted by Gasteiger charge is -2.34. The second-order valence-corrected chi connectivity index (χ2v) is 9.08. The smallest absolute Gasteiger partial charge is 0.254 e. The third kappa shape index (κ3) is 4.93. The second kappa shape index (κ2) is 9.68. The van der Waals surface area contributed by atoms with Crippen molar-refractivity contribution in [3.05, 3.63) is 88.3 Å². The fraction of sp³-hybridized carbons (Fsp3) is 0.407. The van der Waals surface area contributed by atoms with Gasteiger partial charge in [-0.25, -0.2) is 9.37 Å². The Labute approximate surface area is 190 Å². The monoisotopic (exact) mass is 433 g/mol. The van der Waals surface area contributed by atoms with Gasteiger partial charge < -0.3 is 9.47 Å². The van der Waals surface area contributed by atoms with Crippen LogP contribution >= 0.6 is 0 Å². The number of hydrogen-bond donors (Lipinski definition) is 0. The molecule has 4 rings (SSSR count). The third-order valence-electron chi connectivity index (χ3n) is 6.65. The first-order valence-electron chi connectivity index (χ1n) is 11.6. The van der Waals surface area contributed by atoms with Crippen molar-refractivity contribution < 1.29 is 9.18 Å². The van der Waals surface area contributed by atoms with Crippen LogP contribution in [-0.2, 0) is 13.1 Å². The Balaban J connectivity index is 1.61. The zero-order valence-corrected chi connectivity index (χ0v) is 19.3. The van der Waals surface area contributed by atoms with E-state index < -0.39 is 0 Å². The summed E-state index contributed by atoms with van der Waals surface area (Å²) in [6.07, 6.45) is 9.30. The van der Waals surface area contributed by atoms with E-state index in [1.54, 1.807) is 12.1 Å². The van der Waals surface area contributed by atoms with E-state index in [9.17, 15) is 9.18 Å². The highest BCUT2D eigenvalue weighted by Crippen LogP contribution is 2.26. The fourth-order valence-corrected chi connectivity index (χ4v) is 4.94. The van der Waals surface area contributed by atoms with Gasteiger partial charge in [-0.2, -0.15) is 0 Å². The Kier molecular flexibility index (Phi) is 6.73. The van der Waals surface area contributed by atoms with E-state index in [-0.39, 0.29) is 17.8 Å². The normalized spacial score (nSPS) is 14.5. The van der Waals surface area contributed by atoms with E-state index in [0.717, 1.165) is 38.1 Å². The molecular formula is C27H32FN3O. The van der Waals surface area contributed by atoms with Crippen LogP contribution in [0.4, 0.5) is 4.39 Å². The van der Waals surface area contributed by atoms with Crippen LogP contribution < -0.4 is 0 Å². The van der Waals surface area contributed by atoms with Gasteiger partial charge in [-0.1, -0.05) is 37.0 Å². The first-order chi connectivity index (χ1) is 15.4. The molecule has 4 nitrogen and oxygen atoms in total. The predicted molar refractivity (Wildman–Crippen MR) is 125 cm³/mol. The van der Waals surface area contributed by atoms with Gasteiger partial charge >= 0.3 is 0 Å². The SMILES string of the molecule is Cc1cc(C)c(Cn2ccnc2CN(C(=O)c2ccc(F)cc2)C2CCCCC2)c(C)c1. The predicted octanol–water partition coefficient (Wildman–Crippen LogP) is 5.97. The molecule has 0 radical (unpaired) electrons. The number of carbonyl (C=O) groups excluding carboxylic acids is 1.